The van der Waals surface area contributed by atoms with Crippen LogP contribution in [0.25, 0.3) is 0 Å². The van der Waals surface area contributed by atoms with Gasteiger partial charge in [0.05, 0.1) is 6.33 Å². The molecule has 13 heavy (non-hydrogen) atoms. The summed E-state index contributed by atoms with van der Waals surface area (Å²) in [5, 5.41) is 9.61. The maximum Gasteiger partial charge on any atom is 0.327 e. The number of aliphatic hydroxyl groups excluding tert-OH is 1. The van der Waals surface area contributed by atoms with Gasteiger partial charge in [-0.1, -0.05) is 0 Å². The van der Waals surface area contributed by atoms with E-state index in [-0.39, 0.29) is 6.03 Å². The van der Waals surface area contributed by atoms with E-state index in [0.29, 0.717) is 11.5 Å². The van der Waals surface area contributed by atoms with E-state index in [4.69, 9.17) is 0 Å². The molecule has 2 amide bonds. The smallest absolute Gasteiger partial charge is 0.327 e. The molecule has 0 spiro atoms. The summed E-state index contributed by atoms with van der Waals surface area (Å²) in [7, 11) is 3.15. The summed E-state index contributed by atoms with van der Waals surface area (Å²) in [5.74, 6) is 0.482. The first-order valence-corrected chi connectivity index (χ1v) is 3.84. The third-order valence-corrected chi connectivity index (χ3v) is 2.18. The molecule has 1 aliphatic heterocycles. The third-order valence-electron chi connectivity index (χ3n) is 2.18. The molecule has 0 aromatic carbocycles. The first kappa shape index (κ1) is 8.06. The zero-order chi connectivity index (χ0) is 9.59. The van der Waals surface area contributed by atoms with Crippen molar-refractivity contribution in [2.75, 3.05) is 19.0 Å². The molecule has 0 aliphatic carbocycles. The van der Waals surface area contributed by atoms with Crippen LogP contribution in [0.2, 0.25) is 0 Å². The summed E-state index contributed by atoms with van der Waals surface area (Å²) in [6.45, 7) is 0. The number of amides is 2. The fourth-order valence-corrected chi connectivity index (χ4v) is 1.38. The molecule has 0 bridgehead atoms. The van der Waals surface area contributed by atoms with Crippen LogP contribution < -0.4 is 4.90 Å². The van der Waals surface area contributed by atoms with Crippen LogP contribution >= 0.6 is 0 Å². The molecule has 0 radical (unpaired) electrons. The minimum Gasteiger partial charge on any atom is -0.368 e. The van der Waals surface area contributed by atoms with E-state index in [0.717, 1.165) is 0 Å². The van der Waals surface area contributed by atoms with Gasteiger partial charge in [0.2, 0.25) is 0 Å². The maximum absolute atomic E-state index is 11.4. The van der Waals surface area contributed by atoms with Crippen molar-refractivity contribution in [2.24, 2.45) is 0 Å². The highest BCUT2D eigenvalue weighted by Gasteiger charge is 2.34. The Bertz CT molecular complexity index is 348. The zero-order valence-corrected chi connectivity index (χ0v) is 7.35. The molecule has 2 N–H and O–H groups in total. The van der Waals surface area contributed by atoms with Gasteiger partial charge in [0.25, 0.3) is 0 Å². The van der Waals surface area contributed by atoms with Crippen molar-refractivity contribution in [3.05, 3.63) is 12.0 Å². The fourth-order valence-electron chi connectivity index (χ4n) is 1.38. The van der Waals surface area contributed by atoms with Gasteiger partial charge in [-0.3, -0.25) is 9.80 Å². The van der Waals surface area contributed by atoms with Crippen molar-refractivity contribution in [3.63, 3.8) is 0 Å². The lowest BCUT2D eigenvalue weighted by Gasteiger charge is -2.33. The topological polar surface area (TPSA) is 72.5 Å². The summed E-state index contributed by atoms with van der Waals surface area (Å²) >= 11 is 0. The maximum atomic E-state index is 11.4. The average Bonchev–Trinajstić information content (AvgIpc) is 2.59. The van der Waals surface area contributed by atoms with Gasteiger partial charge in [-0.2, -0.15) is 0 Å². The van der Waals surface area contributed by atoms with Crippen LogP contribution in [0.5, 0.6) is 0 Å². The Labute approximate surface area is 74.8 Å². The molecule has 1 aromatic heterocycles. The van der Waals surface area contributed by atoms with Gasteiger partial charge in [-0.05, 0) is 0 Å². The van der Waals surface area contributed by atoms with Crippen LogP contribution in [-0.4, -0.2) is 40.1 Å². The van der Waals surface area contributed by atoms with Gasteiger partial charge in [0, 0.05) is 14.1 Å². The van der Waals surface area contributed by atoms with Crippen LogP contribution in [0.15, 0.2) is 6.33 Å². The number of nitrogens with zero attached hydrogens (tertiary/aromatic N) is 3. The molecule has 70 valence electrons. The lowest BCUT2D eigenvalue weighted by atomic mass is 10.3. The number of rotatable bonds is 0. The molecular weight excluding hydrogens is 172 g/mol. The molecule has 6 heteroatoms. The molecule has 2 rings (SSSR count). The first-order valence-electron chi connectivity index (χ1n) is 3.84. The van der Waals surface area contributed by atoms with Gasteiger partial charge in [0.1, 0.15) is 5.69 Å². The molecule has 1 atom stereocenters. The van der Waals surface area contributed by atoms with Crippen molar-refractivity contribution in [2.45, 2.75) is 6.23 Å². The average molecular weight is 182 g/mol. The number of nitrogens with one attached hydrogen (secondary N) is 1. The molecule has 0 saturated carbocycles. The van der Waals surface area contributed by atoms with E-state index >= 15 is 0 Å². The number of H-pyrrole nitrogens is 1. The number of hydrogen-bond donors (Lipinski definition) is 2. The number of fused-ring (bicyclic) bond motifs is 1. The van der Waals surface area contributed by atoms with Crippen molar-refractivity contribution in [3.8, 4) is 0 Å². The van der Waals surface area contributed by atoms with E-state index < -0.39 is 6.23 Å². The Balaban J connectivity index is 2.52. The Kier molecular flexibility index (Phi) is 1.53. The molecule has 0 saturated heterocycles. The van der Waals surface area contributed by atoms with Crippen molar-refractivity contribution < 1.29 is 9.90 Å². The van der Waals surface area contributed by atoms with Crippen LogP contribution in [0.1, 0.15) is 11.9 Å². The van der Waals surface area contributed by atoms with Gasteiger partial charge < -0.3 is 10.1 Å². The minimum absolute atomic E-state index is 0.271. The highest BCUT2D eigenvalue weighted by molar-refractivity contribution is 5.93. The molecular formula is C7H10N4O2. The predicted molar refractivity (Wildman–Crippen MR) is 45.1 cm³/mol. The van der Waals surface area contributed by atoms with Gasteiger partial charge in [-0.15, -0.1) is 0 Å². The van der Waals surface area contributed by atoms with Crippen molar-refractivity contribution >= 4 is 11.8 Å². The number of urea groups is 1. The minimum atomic E-state index is -0.929. The van der Waals surface area contributed by atoms with E-state index in [1.807, 2.05) is 0 Å². The normalized spacial score (nSPS) is 22.1. The standard InChI is InChI=1S/C7H10N4O2/c1-10-5-4(8-3-9-5)6(12)11(2)7(10)13/h3,6,12H,1-2H3,(H,8,9)/t6-/m1/s1. The number of anilines is 1. The van der Waals surface area contributed by atoms with Crippen molar-refractivity contribution in [1.29, 1.82) is 0 Å². The number of aromatic amines is 1. The molecule has 0 fully saturated rings. The molecule has 1 aliphatic rings. The second-order valence-corrected chi connectivity index (χ2v) is 2.97. The summed E-state index contributed by atoms with van der Waals surface area (Å²) in [4.78, 5) is 20.8. The number of carbonyl (C=O) groups is 1. The van der Waals surface area contributed by atoms with E-state index in [9.17, 15) is 9.90 Å². The van der Waals surface area contributed by atoms with E-state index in [2.05, 4.69) is 9.97 Å². The first-order chi connectivity index (χ1) is 6.13. The van der Waals surface area contributed by atoms with Crippen LogP contribution in [0.3, 0.4) is 0 Å². The zero-order valence-electron chi connectivity index (χ0n) is 7.35. The van der Waals surface area contributed by atoms with Crippen LogP contribution in [0.4, 0.5) is 10.6 Å². The Morgan fingerprint density at radius 2 is 2.31 bits per heavy atom. The molecule has 0 unspecified atom stereocenters. The van der Waals surface area contributed by atoms with Crippen LogP contribution in [-0.2, 0) is 0 Å². The number of aliphatic hydroxyl groups is 1. The Hall–Kier alpha value is -1.56. The number of imidazole rings is 1. The van der Waals surface area contributed by atoms with E-state index in [1.165, 1.54) is 23.2 Å². The molecule has 1 aromatic rings. The van der Waals surface area contributed by atoms with E-state index in [1.54, 1.807) is 7.05 Å². The molecule has 6 nitrogen and oxygen atoms in total. The summed E-state index contributed by atoms with van der Waals surface area (Å²) in [6, 6.07) is -0.271. The highest BCUT2D eigenvalue weighted by Crippen LogP contribution is 2.29. The highest BCUT2D eigenvalue weighted by atomic mass is 16.3. The summed E-state index contributed by atoms with van der Waals surface area (Å²) < 4.78 is 0. The second kappa shape index (κ2) is 2.46. The quantitative estimate of drug-likeness (QED) is 0.588. The van der Waals surface area contributed by atoms with Gasteiger partial charge in [0.15, 0.2) is 12.0 Å². The van der Waals surface area contributed by atoms with Gasteiger partial charge >= 0.3 is 6.03 Å². The fraction of sp³-hybridized carbons (Fsp3) is 0.429. The summed E-state index contributed by atoms with van der Waals surface area (Å²) in [5.41, 5.74) is 0.546. The number of carbonyl (C=O) groups excluding carboxylic acids is 1. The predicted octanol–water partition coefficient (Wildman–Crippen LogP) is -0.0978. The van der Waals surface area contributed by atoms with Crippen LogP contribution in [0, 0.1) is 0 Å². The largest absolute Gasteiger partial charge is 0.368 e. The third kappa shape index (κ3) is 0.919. The lowest BCUT2D eigenvalue weighted by Crippen LogP contribution is -2.45. The Morgan fingerprint density at radius 3 is 3.00 bits per heavy atom. The summed E-state index contributed by atoms with van der Waals surface area (Å²) in [6.07, 6.45) is 0.526. The van der Waals surface area contributed by atoms with Gasteiger partial charge in [-0.25, -0.2) is 9.78 Å². The monoisotopic (exact) mass is 182 g/mol. The lowest BCUT2D eigenvalue weighted by molar-refractivity contribution is 0.0410. The number of hydrogen-bond acceptors (Lipinski definition) is 3. The van der Waals surface area contributed by atoms with Crippen molar-refractivity contribution in [1.82, 2.24) is 14.9 Å². The SMILES string of the molecule is CN1C(=O)N(C)[C@H](O)c2[nH]cnc21. The molecule has 2 heterocycles. The Morgan fingerprint density at radius 1 is 1.62 bits per heavy atom. The number of aromatic nitrogens is 2. The second-order valence-electron chi connectivity index (χ2n) is 2.97.